The van der Waals surface area contributed by atoms with Crippen LogP contribution in [0.4, 0.5) is 22.7 Å². The molecule has 2 heterocycles. The molecule has 6 rings (SSSR count). The second-order valence-corrected chi connectivity index (χ2v) is 12.6. The standard InChI is InChI=1S/C29H12Cl8N6O2/c1-9-8-12(39-27-15-17(29(45)41-27)21(33)25(37)23(35)19(15)31)6-7-13(9)43-42-11-4-2-10(3-5-11)38-26-14-16(28(44)40-26)20(32)24(36)22(34)18(14)30/h2-8H,1H3,(H,38,40,44)(H,39,41,45)/b43-42+. The van der Waals surface area contributed by atoms with Crippen LogP contribution in [0, 0.1) is 6.92 Å². The van der Waals surface area contributed by atoms with Gasteiger partial charge in [0.05, 0.1) is 85.2 Å². The van der Waals surface area contributed by atoms with Crippen LogP contribution in [-0.4, -0.2) is 23.5 Å². The molecule has 0 bridgehead atoms. The van der Waals surface area contributed by atoms with Crippen LogP contribution in [0.1, 0.15) is 37.4 Å². The van der Waals surface area contributed by atoms with Crippen molar-refractivity contribution in [3.05, 3.63) is 110 Å². The Hall–Kier alpha value is -2.92. The second-order valence-electron chi connectivity index (χ2n) is 9.53. The first-order valence-electron chi connectivity index (χ1n) is 12.5. The highest BCUT2D eigenvalue weighted by molar-refractivity contribution is 6.56. The van der Waals surface area contributed by atoms with Crippen molar-refractivity contribution < 1.29 is 9.59 Å². The van der Waals surface area contributed by atoms with Gasteiger partial charge in [-0.15, -0.1) is 0 Å². The second kappa shape index (κ2) is 12.4. The zero-order chi connectivity index (χ0) is 32.3. The first kappa shape index (κ1) is 32.0. The van der Waals surface area contributed by atoms with Crippen molar-refractivity contribution in [1.82, 2.24) is 10.6 Å². The molecule has 2 N–H and O–H groups in total. The van der Waals surface area contributed by atoms with Crippen LogP contribution < -0.4 is 10.6 Å². The Labute approximate surface area is 295 Å². The highest BCUT2D eigenvalue weighted by atomic mass is 35.5. The summed E-state index contributed by atoms with van der Waals surface area (Å²) in [7, 11) is 0. The third-order valence-corrected chi connectivity index (χ3v) is 10.3. The first-order valence-corrected chi connectivity index (χ1v) is 15.5. The number of halogens is 8. The SMILES string of the molecule is Cc1cc(/N=C2\NC(=O)c3c(Cl)c(Cl)c(Cl)c(Cl)c32)ccc1/N=N/c1ccc(/N=C2\NC(=O)c3c(Cl)c(Cl)c(Cl)c(Cl)c32)cc1. The fourth-order valence-electron chi connectivity index (χ4n) is 4.55. The fourth-order valence-corrected chi connectivity index (χ4v) is 6.61. The quantitative estimate of drug-likeness (QED) is 0.123. The molecule has 0 unspecified atom stereocenters. The molecule has 4 aromatic carbocycles. The van der Waals surface area contributed by atoms with Gasteiger partial charge in [-0.1, -0.05) is 92.8 Å². The molecule has 16 heteroatoms. The predicted molar refractivity (Wildman–Crippen MR) is 182 cm³/mol. The van der Waals surface area contributed by atoms with Crippen LogP contribution in [0.25, 0.3) is 0 Å². The van der Waals surface area contributed by atoms with E-state index in [0.717, 1.165) is 5.56 Å². The number of amides is 2. The lowest BCUT2D eigenvalue weighted by atomic mass is 10.1. The third kappa shape index (κ3) is 5.68. The summed E-state index contributed by atoms with van der Waals surface area (Å²) < 4.78 is 0. The monoisotopic (exact) mass is 756 g/mol. The third-order valence-electron chi connectivity index (χ3n) is 6.71. The van der Waals surface area contributed by atoms with Crippen LogP contribution >= 0.6 is 92.8 Å². The summed E-state index contributed by atoms with van der Waals surface area (Å²) in [5.74, 6) is -0.607. The number of carbonyl (C=O) groups is 2. The summed E-state index contributed by atoms with van der Waals surface area (Å²) in [5, 5.41) is 14.1. The summed E-state index contributed by atoms with van der Waals surface area (Å²) in [6.07, 6.45) is 0. The molecule has 0 saturated carbocycles. The number of amidine groups is 2. The number of rotatable bonds is 4. The summed E-state index contributed by atoms with van der Waals surface area (Å²) in [6.45, 7) is 1.84. The molecule has 0 fully saturated rings. The molecule has 8 nitrogen and oxygen atoms in total. The predicted octanol–water partition coefficient (Wildman–Crippen LogP) is 11.3. The van der Waals surface area contributed by atoms with E-state index in [1.165, 1.54) is 0 Å². The normalized spacial score (nSPS) is 15.7. The van der Waals surface area contributed by atoms with Gasteiger partial charge >= 0.3 is 0 Å². The fraction of sp³-hybridized carbons (Fsp3) is 0.0345. The number of benzene rings is 4. The lowest BCUT2D eigenvalue weighted by Crippen LogP contribution is -2.21. The molecule has 2 amide bonds. The van der Waals surface area contributed by atoms with Gasteiger partial charge in [-0.05, 0) is 55.0 Å². The maximum atomic E-state index is 12.6. The minimum absolute atomic E-state index is 0.00334. The number of aryl methyl sites for hydroxylation is 1. The Morgan fingerprint density at radius 3 is 1.36 bits per heavy atom. The molecule has 2 aliphatic rings. The van der Waals surface area contributed by atoms with Crippen molar-refractivity contribution in [1.29, 1.82) is 0 Å². The van der Waals surface area contributed by atoms with Gasteiger partial charge in [0.1, 0.15) is 11.7 Å². The highest BCUT2D eigenvalue weighted by Gasteiger charge is 2.35. The molecular formula is C29H12Cl8N6O2. The van der Waals surface area contributed by atoms with E-state index in [0.29, 0.717) is 22.7 Å². The Morgan fingerprint density at radius 2 is 0.889 bits per heavy atom. The number of nitrogens with zero attached hydrogens (tertiary/aromatic N) is 4. The van der Waals surface area contributed by atoms with Crippen LogP contribution in [0.15, 0.2) is 62.7 Å². The minimum atomic E-state index is -0.493. The maximum Gasteiger partial charge on any atom is 0.259 e. The van der Waals surface area contributed by atoms with Gasteiger partial charge < -0.3 is 10.6 Å². The largest absolute Gasteiger partial charge is 0.306 e. The molecule has 0 atom stereocenters. The molecule has 0 radical (unpaired) electrons. The maximum absolute atomic E-state index is 12.6. The number of aliphatic imine (C=N–C) groups is 2. The van der Waals surface area contributed by atoms with Crippen LogP contribution in [-0.2, 0) is 0 Å². The summed E-state index contributed by atoms with van der Waals surface area (Å²) in [5.41, 5.74) is 3.66. The Balaban J connectivity index is 1.22. The topological polar surface area (TPSA) is 108 Å². The van der Waals surface area contributed by atoms with Crippen LogP contribution in [0.5, 0.6) is 0 Å². The number of azo groups is 1. The van der Waals surface area contributed by atoms with E-state index < -0.39 is 11.8 Å². The number of hydrogen-bond donors (Lipinski definition) is 2. The van der Waals surface area contributed by atoms with Crippen molar-refractivity contribution in [3.8, 4) is 0 Å². The molecule has 0 spiro atoms. The van der Waals surface area contributed by atoms with Crippen molar-refractivity contribution >= 4 is 139 Å². The van der Waals surface area contributed by atoms with E-state index in [9.17, 15) is 9.59 Å². The van der Waals surface area contributed by atoms with E-state index in [4.69, 9.17) is 92.8 Å². The average Bonchev–Trinajstić information content (AvgIpc) is 3.52. The molecule has 0 aliphatic carbocycles. The van der Waals surface area contributed by atoms with E-state index in [1.807, 2.05) is 6.92 Å². The van der Waals surface area contributed by atoms with Crippen molar-refractivity contribution in [3.63, 3.8) is 0 Å². The van der Waals surface area contributed by atoms with Gasteiger partial charge in [0.15, 0.2) is 0 Å². The molecular weight excluding hydrogens is 748 g/mol. The van der Waals surface area contributed by atoms with Gasteiger partial charge in [-0.2, -0.15) is 10.2 Å². The van der Waals surface area contributed by atoms with Gasteiger partial charge in [-0.3, -0.25) is 9.59 Å². The lowest BCUT2D eigenvalue weighted by Gasteiger charge is -2.08. The molecule has 45 heavy (non-hydrogen) atoms. The van der Waals surface area contributed by atoms with Gasteiger partial charge in [-0.25, -0.2) is 9.98 Å². The van der Waals surface area contributed by atoms with E-state index in [1.54, 1.807) is 42.5 Å². The van der Waals surface area contributed by atoms with E-state index in [2.05, 4.69) is 30.8 Å². The highest BCUT2D eigenvalue weighted by Crippen LogP contribution is 2.45. The van der Waals surface area contributed by atoms with Crippen molar-refractivity contribution in [2.75, 3.05) is 0 Å². The van der Waals surface area contributed by atoms with Gasteiger partial charge in [0.25, 0.3) is 11.8 Å². The molecule has 4 aromatic rings. The van der Waals surface area contributed by atoms with Crippen molar-refractivity contribution in [2.45, 2.75) is 6.92 Å². The molecule has 226 valence electrons. The number of carbonyl (C=O) groups excluding carboxylic acids is 2. The number of nitrogens with one attached hydrogen (secondary N) is 2. The first-order chi connectivity index (χ1) is 21.4. The summed E-state index contributed by atoms with van der Waals surface area (Å²) in [4.78, 5) is 34.1. The zero-order valence-corrected chi connectivity index (χ0v) is 28.2. The van der Waals surface area contributed by atoms with Gasteiger partial charge in [0, 0.05) is 0 Å². The number of fused-ring (bicyclic) bond motifs is 2. The average molecular weight is 760 g/mol. The Bertz CT molecular complexity index is 2090. The molecule has 0 aromatic heterocycles. The van der Waals surface area contributed by atoms with E-state index >= 15 is 0 Å². The molecule has 2 aliphatic heterocycles. The van der Waals surface area contributed by atoms with Crippen molar-refractivity contribution in [2.24, 2.45) is 20.2 Å². The number of hydrogen-bond acceptors (Lipinski definition) is 6. The smallest absolute Gasteiger partial charge is 0.259 e. The minimum Gasteiger partial charge on any atom is -0.306 e. The zero-order valence-electron chi connectivity index (χ0n) is 22.2. The Morgan fingerprint density at radius 1 is 0.489 bits per heavy atom. The van der Waals surface area contributed by atoms with Crippen LogP contribution in [0.2, 0.25) is 40.2 Å². The lowest BCUT2D eigenvalue weighted by molar-refractivity contribution is 0.0975. The Kier molecular flexibility index (Phi) is 8.80. The molecule has 0 saturated heterocycles. The summed E-state index contributed by atoms with van der Waals surface area (Å²) >= 11 is 49.8. The summed E-state index contributed by atoms with van der Waals surface area (Å²) in [6, 6.07) is 12.0. The van der Waals surface area contributed by atoms with Gasteiger partial charge in [0.2, 0.25) is 0 Å². The van der Waals surface area contributed by atoms with Crippen LogP contribution in [0.3, 0.4) is 0 Å². The van der Waals surface area contributed by atoms with E-state index in [-0.39, 0.29) is 74.1 Å².